The van der Waals surface area contributed by atoms with Crippen LogP contribution in [0.3, 0.4) is 0 Å². The third kappa shape index (κ3) is 4.33. The van der Waals surface area contributed by atoms with E-state index in [2.05, 4.69) is 0 Å². The number of aromatic carboxylic acids is 1. The highest BCUT2D eigenvalue weighted by Crippen LogP contribution is 2.34. The van der Waals surface area contributed by atoms with Crippen LogP contribution in [0.25, 0.3) is 21.9 Å². The number of carboxylic acid groups (broad SMARTS) is 1. The number of carbonyl (C=O) groups excluding carboxylic acids is 1. The van der Waals surface area contributed by atoms with Gasteiger partial charge in [0.15, 0.2) is 0 Å². The summed E-state index contributed by atoms with van der Waals surface area (Å²) in [5.74, 6) is -2.35. The van der Waals surface area contributed by atoms with Gasteiger partial charge in [0, 0.05) is 24.7 Å². The van der Waals surface area contributed by atoms with Gasteiger partial charge in [0.2, 0.25) is 0 Å². The molecule has 5 nitrogen and oxygen atoms in total. The van der Waals surface area contributed by atoms with Crippen LogP contribution in [0.15, 0.2) is 54.6 Å². The highest BCUT2D eigenvalue weighted by atomic mass is 19.1. The Morgan fingerprint density at radius 1 is 0.933 bits per heavy atom. The Kier molecular flexibility index (Phi) is 5.89. The van der Waals surface area contributed by atoms with Crippen LogP contribution >= 0.6 is 0 Å². The first-order chi connectivity index (χ1) is 14.1. The highest BCUT2D eigenvalue weighted by molar-refractivity contribution is 6.11. The van der Waals surface area contributed by atoms with Gasteiger partial charge in [0.1, 0.15) is 5.82 Å². The first-order valence-electron chi connectivity index (χ1n) is 9.62. The van der Waals surface area contributed by atoms with Crippen molar-refractivity contribution < 1.29 is 24.2 Å². The van der Waals surface area contributed by atoms with E-state index >= 15 is 0 Å². The molecule has 156 valence electrons. The highest BCUT2D eigenvalue weighted by Gasteiger charge is 2.21. The number of halogens is 1. The molecule has 0 aliphatic heterocycles. The van der Waals surface area contributed by atoms with Gasteiger partial charge in [-0.3, -0.25) is 4.79 Å². The molecule has 6 heteroatoms. The summed E-state index contributed by atoms with van der Waals surface area (Å²) in [6, 6.07) is 14.7. The Hall–Kier alpha value is -3.25. The number of rotatable bonds is 6. The molecule has 0 aliphatic rings. The smallest absolute Gasteiger partial charge is 0.338 e. The van der Waals surface area contributed by atoms with Crippen molar-refractivity contribution in [3.8, 4) is 11.1 Å². The standard InChI is InChI=1S/C24H24FNO4/c1-24(2,30)13-14-26(3)22(27)19-12-11-17(15-7-4-5-8-16(15)19)18-9-6-10-20(21(18)25)23(28)29/h4-12,30H,13-14H2,1-3H3,(H,28,29). The van der Waals surface area contributed by atoms with Crippen molar-refractivity contribution in [2.24, 2.45) is 0 Å². The molecule has 0 radical (unpaired) electrons. The van der Waals surface area contributed by atoms with Crippen LogP contribution in [0.2, 0.25) is 0 Å². The van der Waals surface area contributed by atoms with Crippen LogP contribution in [0.4, 0.5) is 4.39 Å². The Bertz CT molecular complexity index is 1120. The van der Waals surface area contributed by atoms with Crippen molar-refractivity contribution in [1.29, 1.82) is 0 Å². The SMILES string of the molecule is CN(CCC(C)(C)O)C(=O)c1ccc(-c2cccc(C(=O)O)c2F)c2ccccc12. The molecule has 0 saturated carbocycles. The molecule has 3 aromatic rings. The fraction of sp³-hybridized carbons (Fsp3) is 0.250. The lowest BCUT2D eigenvalue weighted by Gasteiger charge is -2.23. The maximum Gasteiger partial charge on any atom is 0.338 e. The molecule has 2 N–H and O–H groups in total. The molecule has 0 bridgehead atoms. The Balaban J connectivity index is 2.08. The maximum absolute atomic E-state index is 14.9. The van der Waals surface area contributed by atoms with Crippen LogP contribution < -0.4 is 0 Å². The summed E-state index contributed by atoms with van der Waals surface area (Å²) in [4.78, 5) is 25.9. The summed E-state index contributed by atoms with van der Waals surface area (Å²) >= 11 is 0. The molecular weight excluding hydrogens is 385 g/mol. The van der Waals surface area contributed by atoms with Crippen molar-refractivity contribution in [2.75, 3.05) is 13.6 Å². The second-order valence-corrected chi connectivity index (χ2v) is 7.97. The fourth-order valence-corrected chi connectivity index (χ4v) is 3.37. The van der Waals surface area contributed by atoms with Gasteiger partial charge < -0.3 is 15.1 Å². The van der Waals surface area contributed by atoms with Crippen molar-refractivity contribution in [3.63, 3.8) is 0 Å². The fourth-order valence-electron chi connectivity index (χ4n) is 3.37. The van der Waals surface area contributed by atoms with Crippen molar-refractivity contribution in [2.45, 2.75) is 25.9 Å². The summed E-state index contributed by atoms with van der Waals surface area (Å²) in [6.45, 7) is 3.76. The van der Waals surface area contributed by atoms with E-state index in [1.54, 1.807) is 62.2 Å². The van der Waals surface area contributed by atoms with Crippen LogP contribution in [0.5, 0.6) is 0 Å². The average molecular weight is 409 g/mol. The number of benzene rings is 3. The molecule has 0 fully saturated rings. The third-order valence-corrected chi connectivity index (χ3v) is 5.08. The van der Waals surface area contributed by atoms with Crippen LogP contribution in [-0.2, 0) is 0 Å². The molecule has 0 aromatic heterocycles. The minimum absolute atomic E-state index is 0.167. The van der Waals surface area contributed by atoms with E-state index in [9.17, 15) is 24.2 Å². The lowest BCUT2D eigenvalue weighted by Crippen LogP contribution is -2.32. The van der Waals surface area contributed by atoms with Crippen molar-refractivity contribution in [3.05, 3.63) is 71.5 Å². The topological polar surface area (TPSA) is 77.8 Å². The molecule has 0 aliphatic carbocycles. The summed E-state index contributed by atoms with van der Waals surface area (Å²) < 4.78 is 14.9. The Morgan fingerprint density at radius 2 is 1.60 bits per heavy atom. The molecule has 0 unspecified atom stereocenters. The van der Waals surface area contributed by atoms with Gasteiger partial charge in [-0.1, -0.05) is 42.5 Å². The first-order valence-corrected chi connectivity index (χ1v) is 9.62. The molecule has 0 spiro atoms. The summed E-state index contributed by atoms with van der Waals surface area (Å²) in [7, 11) is 1.67. The van der Waals surface area contributed by atoms with Crippen molar-refractivity contribution in [1.82, 2.24) is 4.90 Å². The molecule has 3 rings (SSSR count). The number of hydrogen-bond acceptors (Lipinski definition) is 3. The van der Waals surface area contributed by atoms with E-state index in [1.165, 1.54) is 18.2 Å². The zero-order valence-electron chi connectivity index (χ0n) is 17.1. The first kappa shape index (κ1) is 21.5. The number of hydrogen-bond donors (Lipinski definition) is 2. The van der Waals surface area contributed by atoms with Crippen LogP contribution in [-0.4, -0.2) is 46.2 Å². The van der Waals surface area contributed by atoms with Gasteiger partial charge in [-0.2, -0.15) is 0 Å². The molecule has 0 atom stereocenters. The minimum atomic E-state index is -1.33. The molecule has 30 heavy (non-hydrogen) atoms. The quantitative estimate of drug-likeness (QED) is 0.625. The molecule has 0 heterocycles. The van der Waals surface area contributed by atoms with Gasteiger partial charge >= 0.3 is 5.97 Å². The summed E-state index contributed by atoms with van der Waals surface area (Å²) in [5, 5.41) is 20.5. The second kappa shape index (κ2) is 8.24. The number of carbonyl (C=O) groups is 2. The minimum Gasteiger partial charge on any atom is -0.478 e. The predicted molar refractivity (Wildman–Crippen MR) is 114 cm³/mol. The number of fused-ring (bicyclic) bond motifs is 1. The maximum atomic E-state index is 14.9. The predicted octanol–water partition coefficient (Wildman–Crippen LogP) is 4.58. The number of amides is 1. The van der Waals surface area contributed by atoms with Gasteiger partial charge in [0.25, 0.3) is 5.91 Å². The largest absolute Gasteiger partial charge is 0.478 e. The number of nitrogens with zero attached hydrogens (tertiary/aromatic N) is 1. The zero-order chi connectivity index (χ0) is 22.1. The van der Waals surface area contributed by atoms with E-state index in [0.717, 1.165) is 0 Å². The van der Waals surface area contributed by atoms with Gasteiger partial charge in [-0.25, -0.2) is 9.18 Å². The van der Waals surface area contributed by atoms with Crippen LogP contribution in [0, 0.1) is 5.82 Å². The second-order valence-electron chi connectivity index (χ2n) is 7.97. The molecule has 1 amide bonds. The number of carboxylic acids is 1. The van der Waals surface area contributed by atoms with Gasteiger partial charge in [0.05, 0.1) is 11.2 Å². The van der Waals surface area contributed by atoms with E-state index in [0.29, 0.717) is 34.9 Å². The van der Waals surface area contributed by atoms with E-state index in [4.69, 9.17) is 0 Å². The van der Waals surface area contributed by atoms with E-state index in [-0.39, 0.29) is 11.5 Å². The molecule has 0 saturated heterocycles. The lowest BCUT2D eigenvalue weighted by atomic mass is 9.93. The third-order valence-electron chi connectivity index (χ3n) is 5.08. The molecular formula is C24H24FNO4. The lowest BCUT2D eigenvalue weighted by molar-refractivity contribution is 0.0544. The summed E-state index contributed by atoms with van der Waals surface area (Å²) in [6.07, 6.45) is 0.429. The zero-order valence-corrected chi connectivity index (χ0v) is 17.1. The van der Waals surface area contributed by atoms with Crippen molar-refractivity contribution >= 4 is 22.6 Å². The van der Waals surface area contributed by atoms with Crippen LogP contribution in [0.1, 0.15) is 41.0 Å². The molecule has 3 aromatic carbocycles. The summed E-state index contributed by atoms with van der Waals surface area (Å²) in [5.41, 5.74) is -0.138. The number of aliphatic hydroxyl groups is 1. The Morgan fingerprint density at radius 3 is 2.23 bits per heavy atom. The van der Waals surface area contributed by atoms with Gasteiger partial charge in [-0.15, -0.1) is 0 Å². The average Bonchev–Trinajstić information content (AvgIpc) is 2.70. The van der Waals surface area contributed by atoms with E-state index in [1.807, 2.05) is 0 Å². The normalized spacial score (nSPS) is 11.5. The van der Waals surface area contributed by atoms with E-state index < -0.39 is 23.0 Å². The van der Waals surface area contributed by atoms with Gasteiger partial charge in [-0.05, 0) is 48.7 Å². The monoisotopic (exact) mass is 409 g/mol. The Labute approximate surface area is 174 Å².